The van der Waals surface area contributed by atoms with Gasteiger partial charge in [0.05, 0.1) is 12.1 Å². The number of halogens is 3. The van der Waals surface area contributed by atoms with Gasteiger partial charge in [0, 0.05) is 22.7 Å². The fraction of sp³-hybridized carbons (Fsp3) is 0.167. The van der Waals surface area contributed by atoms with Crippen LogP contribution in [0.4, 0.5) is 24.7 Å². The molecule has 11 heteroatoms. The number of fused-ring (bicyclic) bond motifs is 1. The molecule has 0 unspecified atom stereocenters. The van der Waals surface area contributed by atoms with Gasteiger partial charge >= 0.3 is 6.18 Å². The van der Waals surface area contributed by atoms with Crippen molar-refractivity contribution in [3.8, 4) is 35.3 Å². The van der Waals surface area contributed by atoms with Gasteiger partial charge in [-0.15, -0.1) is 0 Å². The summed E-state index contributed by atoms with van der Waals surface area (Å²) in [4.78, 5) is 21.0. The maximum Gasteiger partial charge on any atom is 0.416 e. The lowest BCUT2D eigenvalue weighted by molar-refractivity contribution is -0.137. The predicted molar refractivity (Wildman–Crippen MR) is 119 cm³/mol. The van der Waals surface area contributed by atoms with E-state index in [-0.39, 0.29) is 22.7 Å². The van der Waals surface area contributed by atoms with Crippen LogP contribution in [0.1, 0.15) is 27.0 Å². The molecule has 2 heterocycles. The summed E-state index contributed by atoms with van der Waals surface area (Å²) in [6.45, 7) is 2.74. The van der Waals surface area contributed by atoms with Crippen LogP contribution in [-0.2, 0) is 6.18 Å². The summed E-state index contributed by atoms with van der Waals surface area (Å²) in [7, 11) is 0. The Balaban J connectivity index is 1.61. The number of ether oxygens (including phenoxy) is 2. The monoisotopic (exact) mass is 479 g/mol. The Bertz CT molecular complexity index is 1400. The van der Waals surface area contributed by atoms with Crippen molar-refractivity contribution < 1.29 is 27.4 Å². The molecule has 1 aliphatic rings. The lowest BCUT2D eigenvalue weighted by Crippen LogP contribution is -2.19. The smallest absolute Gasteiger partial charge is 0.416 e. The van der Waals surface area contributed by atoms with Gasteiger partial charge in [-0.1, -0.05) is 12.0 Å². The number of hydrogen-bond acceptors (Lipinski definition) is 7. The standard InChI is InChI=1S/C24H16F3N5O3/c1-14-4-5-16(11-19(14)35-23-20-21(30-13-31-23)29-7-8-34-20)22(33)32-18-10-15(3-2-6-28)9-17(12-18)24(25,26)27/h4-5,9-13H,7-8H2,1H3,(H,32,33)(H,29,30,31). The van der Waals surface area contributed by atoms with Crippen LogP contribution in [0.3, 0.4) is 0 Å². The van der Waals surface area contributed by atoms with Crippen LogP contribution in [0, 0.1) is 30.1 Å². The fourth-order valence-electron chi connectivity index (χ4n) is 3.20. The minimum Gasteiger partial charge on any atom is -0.483 e. The number of amides is 1. The topological polar surface area (TPSA) is 109 Å². The molecule has 0 aliphatic carbocycles. The van der Waals surface area contributed by atoms with E-state index in [0.717, 1.165) is 12.1 Å². The summed E-state index contributed by atoms with van der Waals surface area (Å²) in [5.41, 5.74) is -0.376. The number of carbonyl (C=O) groups excluding carboxylic acids is 1. The van der Waals surface area contributed by atoms with E-state index in [4.69, 9.17) is 14.7 Å². The molecule has 1 aliphatic heterocycles. The van der Waals surface area contributed by atoms with Crippen LogP contribution in [-0.4, -0.2) is 29.0 Å². The molecule has 3 aromatic rings. The number of carbonyl (C=O) groups is 1. The summed E-state index contributed by atoms with van der Waals surface area (Å²) in [5, 5.41) is 14.1. The number of benzene rings is 2. The van der Waals surface area contributed by atoms with Crippen LogP contribution in [0.2, 0.25) is 0 Å². The molecule has 2 aromatic carbocycles. The summed E-state index contributed by atoms with van der Waals surface area (Å²) in [6, 6.07) is 8.97. The zero-order valence-electron chi connectivity index (χ0n) is 18.2. The third-order valence-corrected chi connectivity index (χ3v) is 4.85. The van der Waals surface area contributed by atoms with E-state index in [9.17, 15) is 18.0 Å². The average molecular weight is 479 g/mol. The van der Waals surface area contributed by atoms with Crippen molar-refractivity contribution in [2.45, 2.75) is 13.1 Å². The molecule has 4 rings (SSSR count). The van der Waals surface area contributed by atoms with Gasteiger partial charge < -0.3 is 20.1 Å². The molecule has 1 amide bonds. The second-order valence-electron chi connectivity index (χ2n) is 7.33. The molecule has 0 saturated carbocycles. The number of aryl methyl sites for hydroxylation is 1. The number of nitrogens with zero attached hydrogens (tertiary/aromatic N) is 3. The third kappa shape index (κ3) is 5.42. The summed E-state index contributed by atoms with van der Waals surface area (Å²) < 4.78 is 51.3. The Morgan fingerprint density at radius 3 is 2.83 bits per heavy atom. The first-order valence-electron chi connectivity index (χ1n) is 10.2. The van der Waals surface area contributed by atoms with Gasteiger partial charge in [-0.05, 0) is 42.8 Å². The van der Waals surface area contributed by atoms with E-state index in [2.05, 4.69) is 26.5 Å². The van der Waals surface area contributed by atoms with Crippen LogP contribution < -0.4 is 20.1 Å². The molecule has 35 heavy (non-hydrogen) atoms. The number of aromatic nitrogens is 2. The maximum atomic E-state index is 13.3. The normalized spacial score (nSPS) is 12.1. The molecule has 1 aromatic heterocycles. The molecular formula is C24H16F3N5O3. The molecule has 0 atom stereocenters. The largest absolute Gasteiger partial charge is 0.483 e. The number of alkyl halides is 3. The van der Waals surface area contributed by atoms with E-state index >= 15 is 0 Å². The van der Waals surface area contributed by atoms with Crippen molar-refractivity contribution in [3.05, 3.63) is 65.0 Å². The minimum absolute atomic E-state index is 0.0632. The van der Waals surface area contributed by atoms with Gasteiger partial charge in [0.15, 0.2) is 11.9 Å². The minimum atomic E-state index is -4.66. The average Bonchev–Trinajstić information content (AvgIpc) is 2.83. The lowest BCUT2D eigenvalue weighted by atomic mass is 10.1. The lowest BCUT2D eigenvalue weighted by Gasteiger charge is -2.20. The zero-order valence-corrected chi connectivity index (χ0v) is 18.2. The van der Waals surface area contributed by atoms with E-state index in [0.29, 0.717) is 36.0 Å². The highest BCUT2D eigenvalue weighted by molar-refractivity contribution is 6.04. The second kappa shape index (κ2) is 9.61. The Morgan fingerprint density at radius 2 is 2.06 bits per heavy atom. The molecule has 176 valence electrons. The van der Waals surface area contributed by atoms with Crippen LogP contribution >= 0.6 is 0 Å². The molecule has 0 fully saturated rings. The zero-order chi connectivity index (χ0) is 25.0. The van der Waals surface area contributed by atoms with Crippen molar-refractivity contribution in [3.63, 3.8) is 0 Å². The van der Waals surface area contributed by atoms with Gasteiger partial charge in [-0.2, -0.15) is 23.4 Å². The van der Waals surface area contributed by atoms with E-state index in [1.54, 1.807) is 19.1 Å². The van der Waals surface area contributed by atoms with Gasteiger partial charge in [-0.3, -0.25) is 4.79 Å². The second-order valence-corrected chi connectivity index (χ2v) is 7.33. The van der Waals surface area contributed by atoms with Crippen molar-refractivity contribution in [1.29, 1.82) is 5.26 Å². The molecule has 0 spiro atoms. The molecule has 2 N–H and O–H groups in total. The van der Waals surface area contributed by atoms with Crippen LogP contribution in [0.25, 0.3) is 0 Å². The Morgan fingerprint density at radius 1 is 1.23 bits per heavy atom. The molecule has 8 nitrogen and oxygen atoms in total. The van der Waals surface area contributed by atoms with Gasteiger partial charge in [0.2, 0.25) is 5.75 Å². The van der Waals surface area contributed by atoms with Crippen molar-refractivity contribution in [2.75, 3.05) is 23.8 Å². The van der Waals surface area contributed by atoms with Gasteiger partial charge in [0.1, 0.15) is 18.7 Å². The van der Waals surface area contributed by atoms with Crippen LogP contribution in [0.15, 0.2) is 42.7 Å². The van der Waals surface area contributed by atoms with Crippen molar-refractivity contribution in [2.24, 2.45) is 0 Å². The molecule has 0 saturated heterocycles. The molecule has 0 bridgehead atoms. The third-order valence-electron chi connectivity index (χ3n) is 4.85. The van der Waals surface area contributed by atoms with Crippen molar-refractivity contribution >= 4 is 17.4 Å². The number of anilines is 2. The Kier molecular flexibility index (Phi) is 6.42. The summed E-state index contributed by atoms with van der Waals surface area (Å²) >= 11 is 0. The number of nitrogens with one attached hydrogen (secondary N) is 2. The first-order chi connectivity index (χ1) is 16.7. The number of rotatable bonds is 4. The first-order valence-corrected chi connectivity index (χ1v) is 10.2. The SMILES string of the molecule is Cc1ccc(C(=O)Nc2cc(C#CC#N)cc(C(F)(F)F)c2)cc1Oc1ncnc2c1OCCN2. The highest BCUT2D eigenvalue weighted by atomic mass is 19.4. The van der Waals surface area contributed by atoms with E-state index < -0.39 is 17.6 Å². The summed E-state index contributed by atoms with van der Waals surface area (Å²) in [6.07, 6.45) is -3.36. The number of nitriles is 1. The fourth-order valence-corrected chi connectivity index (χ4v) is 3.20. The van der Waals surface area contributed by atoms with Crippen LogP contribution in [0.5, 0.6) is 17.4 Å². The van der Waals surface area contributed by atoms with Crippen molar-refractivity contribution in [1.82, 2.24) is 9.97 Å². The van der Waals surface area contributed by atoms with E-state index in [1.807, 2.05) is 5.92 Å². The summed E-state index contributed by atoms with van der Waals surface area (Å²) in [5.74, 6) is 4.97. The van der Waals surface area contributed by atoms with Gasteiger partial charge in [-0.25, -0.2) is 4.98 Å². The quantitative estimate of drug-likeness (QED) is 0.530. The maximum absolute atomic E-state index is 13.3. The number of hydrogen-bond donors (Lipinski definition) is 2. The Labute approximate surface area is 197 Å². The first kappa shape index (κ1) is 23.4. The molecular weight excluding hydrogens is 463 g/mol. The van der Waals surface area contributed by atoms with E-state index in [1.165, 1.54) is 24.5 Å². The highest BCUT2D eigenvalue weighted by Gasteiger charge is 2.31. The predicted octanol–water partition coefficient (Wildman–Crippen LogP) is 4.53. The Hall–Kier alpha value is -4.77. The molecule has 0 radical (unpaired) electrons. The highest BCUT2D eigenvalue weighted by Crippen LogP contribution is 2.37. The van der Waals surface area contributed by atoms with Gasteiger partial charge in [0.25, 0.3) is 11.8 Å².